The Morgan fingerprint density at radius 2 is 2.07 bits per heavy atom. The highest BCUT2D eigenvalue weighted by Gasteiger charge is 2.07. The molecule has 0 saturated heterocycles. The summed E-state index contributed by atoms with van der Waals surface area (Å²) >= 11 is 0. The summed E-state index contributed by atoms with van der Waals surface area (Å²) in [7, 11) is 0. The van der Waals surface area contributed by atoms with Crippen molar-refractivity contribution in [1.82, 2.24) is 5.32 Å². The van der Waals surface area contributed by atoms with Gasteiger partial charge in [0, 0.05) is 17.3 Å². The Morgan fingerprint density at radius 1 is 1.40 bits per heavy atom. The molecule has 0 aliphatic rings. The van der Waals surface area contributed by atoms with E-state index in [1.807, 2.05) is 13.8 Å². The van der Waals surface area contributed by atoms with Crippen LogP contribution in [0.2, 0.25) is 0 Å². The number of aromatic hydroxyl groups is 1. The molecule has 0 aliphatic carbocycles. The normalized spacial score (nSPS) is 10.1. The highest BCUT2D eigenvalue weighted by atomic mass is 16.3. The van der Waals surface area contributed by atoms with Gasteiger partial charge in [0.15, 0.2) is 0 Å². The van der Waals surface area contributed by atoms with Crippen molar-refractivity contribution in [3.63, 3.8) is 0 Å². The third-order valence-corrected chi connectivity index (χ3v) is 1.97. The van der Waals surface area contributed by atoms with Crippen LogP contribution in [0.25, 0.3) is 0 Å². The first-order valence-corrected chi connectivity index (χ1v) is 4.87. The van der Waals surface area contributed by atoms with Gasteiger partial charge >= 0.3 is 6.03 Å². The van der Waals surface area contributed by atoms with Gasteiger partial charge < -0.3 is 15.7 Å². The van der Waals surface area contributed by atoms with E-state index in [2.05, 4.69) is 10.6 Å². The summed E-state index contributed by atoms with van der Waals surface area (Å²) in [5.41, 5.74) is 1.28. The minimum Gasteiger partial charge on any atom is -0.508 e. The average molecular weight is 208 g/mol. The monoisotopic (exact) mass is 208 g/mol. The Hall–Kier alpha value is -1.71. The largest absolute Gasteiger partial charge is 0.508 e. The number of hydrogen-bond donors (Lipinski definition) is 3. The second-order valence-corrected chi connectivity index (χ2v) is 3.70. The van der Waals surface area contributed by atoms with Crippen LogP contribution in [0.15, 0.2) is 18.2 Å². The topological polar surface area (TPSA) is 61.4 Å². The summed E-state index contributed by atoms with van der Waals surface area (Å²) in [4.78, 5) is 11.4. The van der Waals surface area contributed by atoms with Gasteiger partial charge in [0.1, 0.15) is 5.75 Å². The summed E-state index contributed by atoms with van der Waals surface area (Å²) in [6.45, 7) is 5.52. The van der Waals surface area contributed by atoms with Crippen LogP contribution in [0.3, 0.4) is 0 Å². The Balaban J connectivity index is 2.73. The van der Waals surface area contributed by atoms with Gasteiger partial charge in [-0.3, -0.25) is 0 Å². The van der Waals surface area contributed by atoms with E-state index in [4.69, 9.17) is 0 Å². The minimum absolute atomic E-state index is 0.0858. The van der Waals surface area contributed by atoms with E-state index in [9.17, 15) is 9.90 Å². The van der Waals surface area contributed by atoms with Crippen LogP contribution in [0.5, 0.6) is 5.75 Å². The number of benzene rings is 1. The van der Waals surface area contributed by atoms with Crippen molar-refractivity contribution < 1.29 is 9.90 Å². The van der Waals surface area contributed by atoms with E-state index in [1.54, 1.807) is 25.1 Å². The fourth-order valence-electron chi connectivity index (χ4n) is 1.18. The number of nitrogens with one attached hydrogen (secondary N) is 2. The lowest BCUT2D eigenvalue weighted by molar-refractivity contribution is 0.250. The zero-order valence-corrected chi connectivity index (χ0v) is 9.16. The Kier molecular flexibility index (Phi) is 3.55. The second-order valence-electron chi connectivity index (χ2n) is 3.70. The summed E-state index contributed by atoms with van der Waals surface area (Å²) in [6, 6.07) is 4.84. The first kappa shape index (κ1) is 11.4. The Labute approximate surface area is 89.3 Å². The molecule has 1 aromatic carbocycles. The molecule has 1 aromatic rings. The van der Waals surface area contributed by atoms with Gasteiger partial charge in [-0.15, -0.1) is 0 Å². The average Bonchev–Trinajstić information content (AvgIpc) is 2.11. The van der Waals surface area contributed by atoms with Crippen molar-refractivity contribution in [3.05, 3.63) is 23.8 Å². The number of carbonyl (C=O) groups excluding carboxylic acids is 1. The summed E-state index contributed by atoms with van der Waals surface area (Å²) < 4.78 is 0. The highest BCUT2D eigenvalue weighted by Crippen LogP contribution is 2.23. The molecule has 0 atom stereocenters. The van der Waals surface area contributed by atoms with Crippen LogP contribution in [0, 0.1) is 6.92 Å². The first-order chi connectivity index (χ1) is 7.00. The molecule has 0 heterocycles. The Bertz CT molecular complexity index is 362. The van der Waals surface area contributed by atoms with Gasteiger partial charge in [0.25, 0.3) is 0 Å². The van der Waals surface area contributed by atoms with Crippen LogP contribution >= 0.6 is 0 Å². The number of phenolic OH excluding ortho intramolecular Hbond substituents is 1. The summed E-state index contributed by atoms with van der Waals surface area (Å²) in [6.07, 6.45) is 0. The van der Waals surface area contributed by atoms with Crippen molar-refractivity contribution in [3.8, 4) is 5.75 Å². The van der Waals surface area contributed by atoms with Crippen molar-refractivity contribution >= 4 is 11.7 Å². The molecule has 82 valence electrons. The molecular weight excluding hydrogens is 192 g/mol. The van der Waals surface area contributed by atoms with Crippen LogP contribution in [0.4, 0.5) is 10.5 Å². The third kappa shape index (κ3) is 3.16. The number of urea groups is 1. The zero-order chi connectivity index (χ0) is 11.4. The predicted molar refractivity (Wildman–Crippen MR) is 60.1 cm³/mol. The van der Waals surface area contributed by atoms with Crippen molar-refractivity contribution in [2.75, 3.05) is 5.32 Å². The highest BCUT2D eigenvalue weighted by molar-refractivity contribution is 5.90. The van der Waals surface area contributed by atoms with Gasteiger partial charge in [-0.25, -0.2) is 4.79 Å². The van der Waals surface area contributed by atoms with Gasteiger partial charge in [-0.2, -0.15) is 0 Å². The maximum Gasteiger partial charge on any atom is 0.319 e. The van der Waals surface area contributed by atoms with E-state index in [-0.39, 0.29) is 17.8 Å². The molecule has 0 aliphatic heterocycles. The molecule has 0 bridgehead atoms. The second kappa shape index (κ2) is 4.68. The van der Waals surface area contributed by atoms with Gasteiger partial charge in [-0.05, 0) is 32.9 Å². The molecule has 0 fully saturated rings. The van der Waals surface area contributed by atoms with Crippen molar-refractivity contribution in [2.24, 2.45) is 0 Å². The molecule has 15 heavy (non-hydrogen) atoms. The molecule has 3 N–H and O–H groups in total. The number of rotatable bonds is 2. The van der Waals surface area contributed by atoms with E-state index < -0.39 is 0 Å². The summed E-state index contributed by atoms with van der Waals surface area (Å²) in [5, 5.41) is 14.8. The van der Waals surface area contributed by atoms with E-state index >= 15 is 0 Å². The predicted octanol–water partition coefficient (Wildman–Crippen LogP) is 2.23. The van der Waals surface area contributed by atoms with E-state index in [0.29, 0.717) is 11.3 Å². The third-order valence-electron chi connectivity index (χ3n) is 1.97. The van der Waals surface area contributed by atoms with E-state index in [1.165, 1.54) is 0 Å². The lowest BCUT2D eigenvalue weighted by atomic mass is 10.2. The Morgan fingerprint density at radius 3 is 2.67 bits per heavy atom. The molecular formula is C11H16N2O2. The van der Waals surface area contributed by atoms with Crippen LogP contribution in [-0.2, 0) is 0 Å². The van der Waals surface area contributed by atoms with Crippen molar-refractivity contribution in [2.45, 2.75) is 26.8 Å². The maximum atomic E-state index is 11.4. The number of phenols is 1. The van der Waals surface area contributed by atoms with Gasteiger partial charge in [0.2, 0.25) is 0 Å². The van der Waals surface area contributed by atoms with Crippen LogP contribution in [0.1, 0.15) is 19.4 Å². The smallest absolute Gasteiger partial charge is 0.319 e. The molecule has 4 heteroatoms. The number of hydrogen-bond acceptors (Lipinski definition) is 2. The molecule has 0 unspecified atom stereocenters. The summed E-state index contributed by atoms with van der Waals surface area (Å²) in [5.74, 6) is 0.178. The fourth-order valence-corrected chi connectivity index (χ4v) is 1.18. The molecule has 1 rings (SSSR count). The number of carbonyl (C=O) groups is 1. The molecule has 2 amide bonds. The van der Waals surface area contributed by atoms with Crippen LogP contribution < -0.4 is 10.6 Å². The molecule has 0 aromatic heterocycles. The SMILES string of the molecule is Cc1c(O)cccc1NC(=O)NC(C)C. The first-order valence-electron chi connectivity index (χ1n) is 4.87. The van der Waals surface area contributed by atoms with Crippen molar-refractivity contribution in [1.29, 1.82) is 0 Å². The molecule has 0 saturated carbocycles. The lowest BCUT2D eigenvalue weighted by Crippen LogP contribution is -2.34. The molecule has 4 nitrogen and oxygen atoms in total. The molecule has 0 radical (unpaired) electrons. The fraction of sp³-hybridized carbons (Fsp3) is 0.364. The van der Waals surface area contributed by atoms with Gasteiger partial charge in [0.05, 0.1) is 0 Å². The maximum absolute atomic E-state index is 11.4. The molecule has 0 spiro atoms. The van der Waals surface area contributed by atoms with Crippen LogP contribution in [-0.4, -0.2) is 17.2 Å². The minimum atomic E-state index is -0.265. The number of anilines is 1. The lowest BCUT2D eigenvalue weighted by Gasteiger charge is -2.12. The zero-order valence-electron chi connectivity index (χ0n) is 9.16. The number of amides is 2. The van der Waals surface area contributed by atoms with Gasteiger partial charge in [-0.1, -0.05) is 6.07 Å². The quantitative estimate of drug-likeness (QED) is 0.698. The standard InChI is InChI=1S/C11H16N2O2/c1-7(2)12-11(15)13-9-5-4-6-10(14)8(9)3/h4-7,14H,1-3H3,(H2,12,13,15). The van der Waals surface area contributed by atoms with E-state index in [0.717, 1.165) is 0 Å².